The molecule has 2 N–H and O–H groups in total. The van der Waals surface area contributed by atoms with Crippen molar-refractivity contribution in [2.24, 2.45) is 5.41 Å². The van der Waals surface area contributed by atoms with Crippen molar-refractivity contribution >= 4 is 10.0 Å². The quantitative estimate of drug-likeness (QED) is 0.789. The molecule has 114 valence electrons. The third-order valence-electron chi connectivity index (χ3n) is 2.90. The molecular formula is C14H24N2O3S. The fraction of sp³-hybridized carbons (Fsp3) is 0.571. The lowest BCUT2D eigenvalue weighted by molar-refractivity contribution is 0.242. The number of rotatable bonds is 7. The van der Waals surface area contributed by atoms with E-state index in [-0.39, 0.29) is 16.9 Å². The Bertz CT molecular complexity index is 522. The molecule has 0 aliphatic carbocycles. The molecule has 1 rings (SSSR count). The lowest BCUT2D eigenvalue weighted by Crippen LogP contribution is -2.39. The molecule has 0 atom stereocenters. The molecule has 0 saturated heterocycles. The first kappa shape index (κ1) is 17.1. The van der Waals surface area contributed by atoms with E-state index in [1.165, 1.54) is 12.1 Å². The zero-order chi connectivity index (χ0) is 15.4. The van der Waals surface area contributed by atoms with E-state index in [1.54, 1.807) is 12.1 Å². The van der Waals surface area contributed by atoms with Crippen molar-refractivity contribution in [1.82, 2.24) is 9.62 Å². The number of hydrogen-bond acceptors (Lipinski definition) is 4. The first-order valence-corrected chi connectivity index (χ1v) is 7.99. The topological polar surface area (TPSA) is 69.6 Å². The summed E-state index contributed by atoms with van der Waals surface area (Å²) >= 11 is 0. The molecule has 20 heavy (non-hydrogen) atoms. The van der Waals surface area contributed by atoms with Crippen LogP contribution in [0, 0.1) is 5.41 Å². The Balaban J connectivity index is 2.74. The van der Waals surface area contributed by atoms with Crippen LogP contribution in [0.1, 0.15) is 19.4 Å². The molecule has 0 aliphatic rings. The molecule has 0 aliphatic heterocycles. The number of hydrogen-bond donors (Lipinski definition) is 2. The van der Waals surface area contributed by atoms with Crippen LogP contribution in [0.2, 0.25) is 0 Å². The van der Waals surface area contributed by atoms with Crippen molar-refractivity contribution in [3.63, 3.8) is 0 Å². The highest BCUT2D eigenvalue weighted by atomic mass is 32.2. The average molecular weight is 300 g/mol. The molecule has 0 amide bonds. The SMILES string of the molecule is CN(C)CC(C)(C)CNS(=O)(=O)c1ccc(CO)cc1. The van der Waals surface area contributed by atoms with E-state index < -0.39 is 10.0 Å². The maximum absolute atomic E-state index is 12.2. The van der Waals surface area contributed by atoms with Crippen molar-refractivity contribution in [3.8, 4) is 0 Å². The Morgan fingerprint density at radius 2 is 1.75 bits per heavy atom. The molecular weight excluding hydrogens is 276 g/mol. The minimum atomic E-state index is -3.50. The minimum Gasteiger partial charge on any atom is -0.392 e. The van der Waals surface area contributed by atoms with Gasteiger partial charge in [-0.15, -0.1) is 0 Å². The van der Waals surface area contributed by atoms with E-state index in [9.17, 15) is 8.42 Å². The Hall–Kier alpha value is -0.950. The van der Waals surface area contributed by atoms with Crippen LogP contribution in [-0.4, -0.2) is 45.6 Å². The smallest absolute Gasteiger partial charge is 0.240 e. The van der Waals surface area contributed by atoms with E-state index in [2.05, 4.69) is 4.72 Å². The van der Waals surface area contributed by atoms with Gasteiger partial charge in [-0.2, -0.15) is 0 Å². The number of benzene rings is 1. The molecule has 0 spiro atoms. The third kappa shape index (κ3) is 5.20. The van der Waals surface area contributed by atoms with Crippen LogP contribution in [-0.2, 0) is 16.6 Å². The summed E-state index contributed by atoms with van der Waals surface area (Å²) in [4.78, 5) is 2.25. The first-order valence-electron chi connectivity index (χ1n) is 6.50. The molecule has 0 fully saturated rings. The van der Waals surface area contributed by atoms with Crippen LogP contribution in [0.5, 0.6) is 0 Å². The minimum absolute atomic E-state index is 0.0936. The summed E-state index contributed by atoms with van der Waals surface area (Å²) in [6, 6.07) is 6.23. The maximum Gasteiger partial charge on any atom is 0.240 e. The van der Waals surface area contributed by atoms with Crippen LogP contribution in [0.25, 0.3) is 0 Å². The molecule has 5 nitrogen and oxygen atoms in total. The van der Waals surface area contributed by atoms with Crippen LogP contribution >= 0.6 is 0 Å². The van der Waals surface area contributed by atoms with E-state index >= 15 is 0 Å². The van der Waals surface area contributed by atoms with Gasteiger partial charge in [-0.3, -0.25) is 0 Å². The summed E-state index contributed by atoms with van der Waals surface area (Å²) in [5.41, 5.74) is 0.540. The summed E-state index contributed by atoms with van der Waals surface area (Å²) in [6.07, 6.45) is 0. The second-order valence-corrected chi connectivity index (χ2v) is 7.80. The van der Waals surface area contributed by atoms with E-state index in [1.807, 2.05) is 32.8 Å². The van der Waals surface area contributed by atoms with Gasteiger partial charge in [0.05, 0.1) is 11.5 Å². The van der Waals surface area contributed by atoms with Crippen molar-refractivity contribution < 1.29 is 13.5 Å². The van der Waals surface area contributed by atoms with Gasteiger partial charge in [0, 0.05) is 13.1 Å². The van der Waals surface area contributed by atoms with E-state index in [0.717, 1.165) is 6.54 Å². The number of nitrogens with zero attached hydrogens (tertiary/aromatic N) is 1. The predicted molar refractivity (Wildman–Crippen MR) is 79.9 cm³/mol. The van der Waals surface area contributed by atoms with Gasteiger partial charge in [-0.1, -0.05) is 26.0 Å². The average Bonchev–Trinajstić information content (AvgIpc) is 2.35. The van der Waals surface area contributed by atoms with E-state index in [4.69, 9.17) is 5.11 Å². The molecule has 0 bridgehead atoms. The van der Waals surface area contributed by atoms with Gasteiger partial charge in [0.1, 0.15) is 0 Å². The van der Waals surface area contributed by atoms with Crippen molar-refractivity contribution in [2.75, 3.05) is 27.2 Å². The van der Waals surface area contributed by atoms with Crippen LogP contribution in [0.15, 0.2) is 29.2 Å². The first-order chi connectivity index (χ1) is 9.16. The molecule has 0 unspecified atom stereocenters. The highest BCUT2D eigenvalue weighted by molar-refractivity contribution is 7.89. The lowest BCUT2D eigenvalue weighted by Gasteiger charge is -2.28. The Labute approximate surface area is 121 Å². The molecule has 0 heterocycles. The summed E-state index contributed by atoms with van der Waals surface area (Å²) in [5, 5.41) is 8.96. The van der Waals surface area contributed by atoms with Gasteiger partial charge in [-0.05, 0) is 37.2 Å². The molecule has 6 heteroatoms. The van der Waals surface area contributed by atoms with Gasteiger partial charge < -0.3 is 10.0 Å². The highest BCUT2D eigenvalue weighted by Crippen LogP contribution is 2.17. The largest absolute Gasteiger partial charge is 0.392 e. The van der Waals surface area contributed by atoms with Gasteiger partial charge in [-0.25, -0.2) is 13.1 Å². The molecule has 0 aromatic heterocycles. The van der Waals surface area contributed by atoms with Crippen molar-refractivity contribution in [3.05, 3.63) is 29.8 Å². The van der Waals surface area contributed by atoms with Gasteiger partial charge in [0.2, 0.25) is 10.0 Å². The molecule has 0 radical (unpaired) electrons. The van der Waals surface area contributed by atoms with Crippen LogP contribution in [0.4, 0.5) is 0 Å². The van der Waals surface area contributed by atoms with Crippen molar-refractivity contribution in [1.29, 1.82) is 0 Å². The summed E-state index contributed by atoms with van der Waals surface area (Å²) in [6.45, 7) is 5.10. The summed E-state index contributed by atoms with van der Waals surface area (Å²) in [7, 11) is 0.420. The second-order valence-electron chi connectivity index (χ2n) is 6.03. The number of aliphatic hydroxyl groups excluding tert-OH is 1. The van der Waals surface area contributed by atoms with Crippen molar-refractivity contribution in [2.45, 2.75) is 25.3 Å². The van der Waals surface area contributed by atoms with Gasteiger partial charge in [0.25, 0.3) is 0 Å². The molecule has 1 aromatic rings. The number of aliphatic hydroxyl groups is 1. The number of sulfonamides is 1. The van der Waals surface area contributed by atoms with Crippen LogP contribution < -0.4 is 4.72 Å². The number of nitrogens with one attached hydrogen (secondary N) is 1. The zero-order valence-electron chi connectivity index (χ0n) is 12.5. The third-order valence-corrected chi connectivity index (χ3v) is 4.32. The summed E-state index contributed by atoms with van der Waals surface area (Å²) in [5.74, 6) is 0. The normalized spacial score (nSPS) is 12.9. The van der Waals surface area contributed by atoms with Crippen LogP contribution in [0.3, 0.4) is 0 Å². The second kappa shape index (κ2) is 6.67. The lowest BCUT2D eigenvalue weighted by atomic mass is 9.93. The Morgan fingerprint density at radius 1 is 1.20 bits per heavy atom. The standard InChI is InChI=1S/C14H24N2O3S/c1-14(2,11-16(3)4)10-15-20(18,19)13-7-5-12(9-17)6-8-13/h5-8,15,17H,9-11H2,1-4H3. The molecule has 1 aromatic carbocycles. The summed E-state index contributed by atoms with van der Waals surface area (Å²) < 4.78 is 27.0. The zero-order valence-corrected chi connectivity index (χ0v) is 13.4. The maximum atomic E-state index is 12.2. The predicted octanol–water partition coefficient (Wildman–Crippen LogP) is 1.04. The Kier molecular flexibility index (Phi) is 5.70. The van der Waals surface area contributed by atoms with Gasteiger partial charge >= 0.3 is 0 Å². The fourth-order valence-electron chi connectivity index (χ4n) is 2.06. The van der Waals surface area contributed by atoms with Gasteiger partial charge in [0.15, 0.2) is 0 Å². The monoisotopic (exact) mass is 300 g/mol. The fourth-order valence-corrected chi connectivity index (χ4v) is 3.30. The molecule has 0 saturated carbocycles. The van der Waals surface area contributed by atoms with E-state index in [0.29, 0.717) is 12.1 Å². The Morgan fingerprint density at radius 3 is 2.20 bits per heavy atom. The highest BCUT2D eigenvalue weighted by Gasteiger charge is 2.23.